The minimum Gasteiger partial charge on any atom is -0.324 e. The summed E-state index contributed by atoms with van der Waals surface area (Å²) in [6.45, 7) is 7.21. The fourth-order valence-corrected chi connectivity index (χ4v) is 2.63. The van der Waals surface area contributed by atoms with Crippen molar-refractivity contribution in [3.63, 3.8) is 0 Å². The molecular formula is C14H19Cl2N3O. The maximum atomic E-state index is 12.2. The quantitative estimate of drug-likeness (QED) is 0.901. The van der Waals surface area contributed by atoms with Crippen molar-refractivity contribution >= 4 is 34.8 Å². The average Bonchev–Trinajstić information content (AvgIpc) is 2.37. The van der Waals surface area contributed by atoms with E-state index in [-0.39, 0.29) is 11.4 Å². The molecule has 0 radical (unpaired) electrons. The molecule has 1 saturated heterocycles. The van der Waals surface area contributed by atoms with E-state index in [4.69, 9.17) is 23.2 Å². The number of carbonyl (C=O) groups is 1. The Morgan fingerprint density at radius 2 is 2.20 bits per heavy atom. The topological polar surface area (TPSA) is 44.4 Å². The number of nitrogens with zero attached hydrogens (tertiary/aromatic N) is 1. The zero-order chi connectivity index (χ0) is 14.8. The van der Waals surface area contributed by atoms with Crippen molar-refractivity contribution in [2.24, 2.45) is 0 Å². The Labute approximate surface area is 129 Å². The molecule has 0 unspecified atom stereocenters. The van der Waals surface area contributed by atoms with Crippen molar-refractivity contribution in [3.05, 3.63) is 28.2 Å². The summed E-state index contributed by atoms with van der Waals surface area (Å²) < 4.78 is 0. The summed E-state index contributed by atoms with van der Waals surface area (Å²) in [6, 6.07) is 5.20. The zero-order valence-electron chi connectivity index (χ0n) is 11.7. The van der Waals surface area contributed by atoms with Gasteiger partial charge in [0.15, 0.2) is 0 Å². The van der Waals surface area contributed by atoms with Crippen LogP contribution in [0.2, 0.25) is 10.0 Å². The smallest absolute Gasteiger partial charge is 0.238 e. The van der Waals surface area contributed by atoms with E-state index in [0.717, 1.165) is 19.6 Å². The molecule has 6 heteroatoms. The first-order valence-corrected chi connectivity index (χ1v) is 7.35. The number of amides is 1. The van der Waals surface area contributed by atoms with E-state index in [2.05, 4.69) is 29.4 Å². The number of piperazine rings is 1. The highest BCUT2D eigenvalue weighted by molar-refractivity contribution is 6.43. The lowest BCUT2D eigenvalue weighted by Crippen LogP contribution is -2.59. The maximum Gasteiger partial charge on any atom is 0.238 e. The van der Waals surface area contributed by atoms with Gasteiger partial charge in [0.25, 0.3) is 0 Å². The van der Waals surface area contributed by atoms with Crippen molar-refractivity contribution in [1.29, 1.82) is 0 Å². The monoisotopic (exact) mass is 315 g/mol. The molecule has 0 saturated carbocycles. The van der Waals surface area contributed by atoms with E-state index in [1.807, 2.05) is 0 Å². The van der Waals surface area contributed by atoms with Crippen molar-refractivity contribution < 1.29 is 4.79 Å². The molecule has 0 atom stereocenters. The van der Waals surface area contributed by atoms with Gasteiger partial charge in [-0.1, -0.05) is 29.3 Å². The van der Waals surface area contributed by atoms with Gasteiger partial charge in [-0.15, -0.1) is 0 Å². The number of anilines is 1. The Morgan fingerprint density at radius 3 is 2.90 bits per heavy atom. The lowest BCUT2D eigenvalue weighted by atomic mass is 10.0. The second-order valence-corrected chi connectivity index (χ2v) is 6.35. The third-order valence-corrected chi connectivity index (χ3v) is 4.35. The van der Waals surface area contributed by atoms with E-state index in [1.165, 1.54) is 0 Å². The molecule has 0 aliphatic carbocycles. The van der Waals surface area contributed by atoms with E-state index in [1.54, 1.807) is 18.2 Å². The first-order valence-electron chi connectivity index (χ1n) is 6.60. The summed E-state index contributed by atoms with van der Waals surface area (Å²) in [5, 5.41) is 6.97. The van der Waals surface area contributed by atoms with E-state index >= 15 is 0 Å². The Morgan fingerprint density at radius 1 is 1.45 bits per heavy atom. The van der Waals surface area contributed by atoms with Gasteiger partial charge in [-0.3, -0.25) is 9.69 Å². The van der Waals surface area contributed by atoms with Crippen LogP contribution in [-0.4, -0.2) is 42.5 Å². The van der Waals surface area contributed by atoms with Gasteiger partial charge >= 0.3 is 0 Å². The van der Waals surface area contributed by atoms with Crippen molar-refractivity contribution in [3.8, 4) is 0 Å². The first-order chi connectivity index (χ1) is 9.40. The van der Waals surface area contributed by atoms with Gasteiger partial charge in [-0.25, -0.2) is 0 Å². The molecule has 4 nitrogen and oxygen atoms in total. The van der Waals surface area contributed by atoms with Gasteiger partial charge in [0, 0.05) is 25.2 Å². The Balaban J connectivity index is 2.00. The normalized spacial score (nSPS) is 18.8. The Bertz CT molecular complexity index is 505. The van der Waals surface area contributed by atoms with Crippen LogP contribution >= 0.6 is 23.2 Å². The van der Waals surface area contributed by atoms with Gasteiger partial charge in [-0.05, 0) is 26.0 Å². The highest BCUT2D eigenvalue weighted by Crippen LogP contribution is 2.29. The Hall–Kier alpha value is -0.810. The molecule has 0 aromatic heterocycles. The van der Waals surface area contributed by atoms with Gasteiger partial charge < -0.3 is 10.6 Å². The summed E-state index contributed by atoms with van der Waals surface area (Å²) >= 11 is 12.0. The number of nitrogens with one attached hydrogen (secondary N) is 2. The van der Waals surface area contributed by atoms with Crippen LogP contribution in [0.1, 0.15) is 13.8 Å². The molecule has 1 aliphatic heterocycles. The van der Waals surface area contributed by atoms with Gasteiger partial charge in [0.05, 0.1) is 22.3 Å². The summed E-state index contributed by atoms with van der Waals surface area (Å²) in [7, 11) is 0. The second-order valence-electron chi connectivity index (χ2n) is 5.56. The number of halogens is 2. The minimum atomic E-state index is -0.0795. The predicted molar refractivity (Wildman–Crippen MR) is 83.6 cm³/mol. The molecular weight excluding hydrogens is 297 g/mol. The summed E-state index contributed by atoms with van der Waals surface area (Å²) in [5.74, 6) is -0.0795. The number of hydrogen-bond acceptors (Lipinski definition) is 3. The zero-order valence-corrected chi connectivity index (χ0v) is 13.2. The van der Waals surface area contributed by atoms with E-state index in [0.29, 0.717) is 22.3 Å². The van der Waals surface area contributed by atoms with E-state index < -0.39 is 0 Å². The molecule has 1 heterocycles. The third kappa shape index (κ3) is 3.64. The third-order valence-electron chi connectivity index (χ3n) is 3.53. The van der Waals surface area contributed by atoms with Crippen LogP contribution in [-0.2, 0) is 4.79 Å². The Kier molecular flexibility index (Phi) is 4.91. The maximum absolute atomic E-state index is 12.2. The highest BCUT2D eigenvalue weighted by atomic mass is 35.5. The number of rotatable bonds is 3. The van der Waals surface area contributed by atoms with Crippen molar-refractivity contribution in [2.45, 2.75) is 19.4 Å². The number of benzene rings is 1. The highest BCUT2D eigenvalue weighted by Gasteiger charge is 2.30. The van der Waals surface area contributed by atoms with Gasteiger partial charge in [-0.2, -0.15) is 0 Å². The minimum absolute atomic E-state index is 0.0340. The standard InChI is InChI=1S/C14H19Cl2N3O/c1-14(2)9-17-6-7-19(14)8-12(20)18-11-5-3-4-10(15)13(11)16/h3-5,17H,6-9H2,1-2H3,(H,18,20). The molecule has 2 rings (SSSR count). The lowest BCUT2D eigenvalue weighted by molar-refractivity contribution is -0.119. The molecule has 0 bridgehead atoms. The predicted octanol–water partition coefficient (Wildman–Crippen LogP) is 2.62. The fourth-order valence-electron chi connectivity index (χ4n) is 2.28. The van der Waals surface area contributed by atoms with Crippen LogP contribution in [0.15, 0.2) is 18.2 Å². The fraction of sp³-hybridized carbons (Fsp3) is 0.500. The molecule has 1 aliphatic rings. The van der Waals surface area contributed by atoms with Gasteiger partial charge in [0.2, 0.25) is 5.91 Å². The lowest BCUT2D eigenvalue weighted by Gasteiger charge is -2.42. The van der Waals surface area contributed by atoms with Crippen LogP contribution in [0.25, 0.3) is 0 Å². The van der Waals surface area contributed by atoms with Crippen LogP contribution in [0.4, 0.5) is 5.69 Å². The van der Waals surface area contributed by atoms with Gasteiger partial charge in [0.1, 0.15) is 0 Å². The van der Waals surface area contributed by atoms with Crippen molar-refractivity contribution in [1.82, 2.24) is 10.2 Å². The van der Waals surface area contributed by atoms with Crippen LogP contribution in [0, 0.1) is 0 Å². The average molecular weight is 316 g/mol. The van der Waals surface area contributed by atoms with Crippen LogP contribution in [0.3, 0.4) is 0 Å². The molecule has 110 valence electrons. The van der Waals surface area contributed by atoms with Crippen LogP contribution < -0.4 is 10.6 Å². The SMILES string of the molecule is CC1(C)CNCCN1CC(=O)Nc1cccc(Cl)c1Cl. The van der Waals surface area contributed by atoms with Crippen molar-refractivity contribution in [2.75, 3.05) is 31.5 Å². The molecule has 1 amide bonds. The summed E-state index contributed by atoms with van der Waals surface area (Å²) in [5.41, 5.74) is 0.519. The second kappa shape index (κ2) is 6.31. The first kappa shape index (κ1) is 15.6. The molecule has 1 aromatic carbocycles. The molecule has 1 fully saturated rings. The number of hydrogen-bond donors (Lipinski definition) is 2. The number of carbonyl (C=O) groups excluding carboxylic acids is 1. The molecule has 0 spiro atoms. The largest absolute Gasteiger partial charge is 0.324 e. The molecule has 20 heavy (non-hydrogen) atoms. The molecule has 1 aromatic rings. The summed E-state index contributed by atoms with van der Waals surface area (Å²) in [6.07, 6.45) is 0. The summed E-state index contributed by atoms with van der Waals surface area (Å²) in [4.78, 5) is 14.3. The van der Waals surface area contributed by atoms with E-state index in [9.17, 15) is 4.79 Å². The van der Waals surface area contributed by atoms with Crippen LogP contribution in [0.5, 0.6) is 0 Å². The molecule has 2 N–H and O–H groups in total.